The third kappa shape index (κ3) is 4.99. The van der Waals surface area contributed by atoms with E-state index < -0.39 is 0 Å². The highest BCUT2D eigenvalue weighted by molar-refractivity contribution is 5.45. The zero-order valence-electron chi connectivity index (χ0n) is 14.0. The van der Waals surface area contributed by atoms with Crippen molar-refractivity contribution in [3.8, 4) is 0 Å². The van der Waals surface area contributed by atoms with Gasteiger partial charge in [0.05, 0.1) is 0 Å². The van der Waals surface area contributed by atoms with Crippen LogP contribution in [0.4, 0.5) is 5.69 Å². The Hall–Kier alpha value is -1.10. The summed E-state index contributed by atoms with van der Waals surface area (Å²) in [6.45, 7) is 9.10. The fraction of sp³-hybridized carbons (Fsp3) is 0.647. The Morgan fingerprint density at radius 3 is 2.29 bits per heavy atom. The maximum Gasteiger partial charge on any atom is 0.0361 e. The number of hydrogen-bond acceptors (Lipinski definition) is 4. The Kier molecular flexibility index (Phi) is 6.03. The first-order valence-corrected chi connectivity index (χ1v) is 7.96. The third-order valence-electron chi connectivity index (χ3n) is 4.38. The minimum absolute atomic E-state index is 0.611. The van der Waals surface area contributed by atoms with Gasteiger partial charge in [-0.25, -0.2) is 0 Å². The van der Waals surface area contributed by atoms with Gasteiger partial charge in [-0.1, -0.05) is 12.1 Å². The molecule has 1 N–H and O–H groups in total. The SMILES string of the molecule is CC(CNCc1ccc(N(C)C)cc1)N1CCN(C)CC1. The molecule has 1 heterocycles. The van der Waals surface area contributed by atoms with Gasteiger partial charge in [-0.15, -0.1) is 0 Å². The van der Waals surface area contributed by atoms with Gasteiger partial charge in [0.15, 0.2) is 0 Å². The molecule has 1 aromatic rings. The number of benzene rings is 1. The zero-order valence-corrected chi connectivity index (χ0v) is 14.0. The lowest BCUT2D eigenvalue weighted by molar-refractivity contribution is 0.118. The Morgan fingerprint density at radius 1 is 1.10 bits per heavy atom. The summed E-state index contributed by atoms with van der Waals surface area (Å²) in [6, 6.07) is 9.40. The summed E-state index contributed by atoms with van der Waals surface area (Å²) >= 11 is 0. The summed E-state index contributed by atoms with van der Waals surface area (Å²) in [5.41, 5.74) is 2.61. The van der Waals surface area contributed by atoms with E-state index >= 15 is 0 Å². The van der Waals surface area contributed by atoms with Gasteiger partial charge in [0, 0.05) is 65.1 Å². The van der Waals surface area contributed by atoms with E-state index in [1.165, 1.54) is 37.4 Å². The highest BCUT2D eigenvalue weighted by Crippen LogP contribution is 2.12. The zero-order chi connectivity index (χ0) is 15.2. The molecule has 118 valence electrons. The molecule has 4 heteroatoms. The van der Waals surface area contributed by atoms with E-state index in [1.54, 1.807) is 0 Å². The van der Waals surface area contributed by atoms with Gasteiger partial charge in [-0.05, 0) is 31.7 Å². The van der Waals surface area contributed by atoms with E-state index in [9.17, 15) is 0 Å². The highest BCUT2D eigenvalue weighted by Gasteiger charge is 2.18. The van der Waals surface area contributed by atoms with Crippen molar-refractivity contribution < 1.29 is 0 Å². The van der Waals surface area contributed by atoms with Crippen molar-refractivity contribution in [3.63, 3.8) is 0 Å². The number of anilines is 1. The highest BCUT2D eigenvalue weighted by atomic mass is 15.3. The van der Waals surface area contributed by atoms with Crippen LogP contribution in [0.15, 0.2) is 24.3 Å². The van der Waals surface area contributed by atoms with Crippen LogP contribution in [-0.2, 0) is 6.54 Å². The number of piperazine rings is 1. The van der Waals surface area contributed by atoms with Gasteiger partial charge >= 0.3 is 0 Å². The van der Waals surface area contributed by atoms with E-state index in [-0.39, 0.29) is 0 Å². The minimum atomic E-state index is 0.611. The Bertz CT molecular complexity index is 407. The second-order valence-electron chi connectivity index (χ2n) is 6.38. The Labute approximate surface area is 129 Å². The quantitative estimate of drug-likeness (QED) is 0.856. The molecule has 1 aliphatic rings. The van der Waals surface area contributed by atoms with Crippen molar-refractivity contribution in [2.24, 2.45) is 0 Å². The van der Waals surface area contributed by atoms with Gasteiger partial charge in [0.2, 0.25) is 0 Å². The molecule has 0 aliphatic carbocycles. The van der Waals surface area contributed by atoms with Crippen LogP contribution >= 0.6 is 0 Å². The van der Waals surface area contributed by atoms with Crippen molar-refractivity contribution in [2.75, 3.05) is 58.8 Å². The van der Waals surface area contributed by atoms with E-state index in [0.29, 0.717) is 6.04 Å². The van der Waals surface area contributed by atoms with Crippen LogP contribution in [-0.4, -0.2) is 69.7 Å². The number of nitrogens with one attached hydrogen (secondary N) is 1. The maximum atomic E-state index is 3.59. The molecular formula is C17H30N4. The average Bonchev–Trinajstić information content (AvgIpc) is 2.48. The molecule has 0 saturated carbocycles. The van der Waals surface area contributed by atoms with E-state index in [2.05, 4.69) is 72.3 Å². The minimum Gasteiger partial charge on any atom is -0.378 e. The molecular weight excluding hydrogens is 260 g/mol. The van der Waals surface area contributed by atoms with Crippen LogP contribution in [0.5, 0.6) is 0 Å². The average molecular weight is 290 g/mol. The van der Waals surface area contributed by atoms with Crippen LogP contribution in [0.3, 0.4) is 0 Å². The first-order valence-electron chi connectivity index (χ1n) is 7.96. The Balaban J connectivity index is 1.71. The van der Waals surface area contributed by atoms with Crippen LogP contribution in [0, 0.1) is 0 Å². The lowest BCUT2D eigenvalue weighted by Crippen LogP contribution is -2.50. The molecule has 0 spiro atoms. The van der Waals surface area contributed by atoms with Crippen LogP contribution in [0.1, 0.15) is 12.5 Å². The van der Waals surface area contributed by atoms with E-state index in [0.717, 1.165) is 13.1 Å². The molecule has 1 aromatic carbocycles. The fourth-order valence-corrected chi connectivity index (χ4v) is 2.73. The molecule has 4 nitrogen and oxygen atoms in total. The third-order valence-corrected chi connectivity index (χ3v) is 4.38. The molecule has 1 unspecified atom stereocenters. The first-order chi connectivity index (χ1) is 10.1. The summed E-state index contributed by atoms with van der Waals surface area (Å²) in [7, 11) is 6.35. The molecule has 0 radical (unpaired) electrons. The first kappa shape index (κ1) is 16.3. The molecule has 0 aromatic heterocycles. The topological polar surface area (TPSA) is 21.8 Å². The number of likely N-dealkylation sites (N-methyl/N-ethyl adjacent to an activating group) is 1. The molecule has 0 bridgehead atoms. The lowest BCUT2D eigenvalue weighted by atomic mass is 10.2. The molecule has 1 fully saturated rings. The molecule has 21 heavy (non-hydrogen) atoms. The summed E-state index contributed by atoms with van der Waals surface area (Å²) in [5.74, 6) is 0. The summed E-state index contributed by atoms with van der Waals surface area (Å²) in [6.07, 6.45) is 0. The number of nitrogens with zero attached hydrogens (tertiary/aromatic N) is 3. The Morgan fingerprint density at radius 2 is 1.71 bits per heavy atom. The van der Waals surface area contributed by atoms with Crippen LogP contribution in [0.2, 0.25) is 0 Å². The molecule has 1 saturated heterocycles. The maximum absolute atomic E-state index is 3.59. The summed E-state index contributed by atoms with van der Waals surface area (Å²) < 4.78 is 0. The molecule has 1 atom stereocenters. The van der Waals surface area contributed by atoms with Crippen LogP contribution in [0.25, 0.3) is 0 Å². The van der Waals surface area contributed by atoms with Gasteiger partial charge in [0.25, 0.3) is 0 Å². The van der Waals surface area contributed by atoms with E-state index in [1.807, 2.05) is 0 Å². The fourth-order valence-electron chi connectivity index (χ4n) is 2.73. The predicted molar refractivity (Wildman–Crippen MR) is 91.0 cm³/mol. The smallest absolute Gasteiger partial charge is 0.0361 e. The monoisotopic (exact) mass is 290 g/mol. The van der Waals surface area contributed by atoms with Crippen molar-refractivity contribution in [1.29, 1.82) is 0 Å². The van der Waals surface area contributed by atoms with Crippen LogP contribution < -0.4 is 10.2 Å². The molecule has 0 amide bonds. The molecule has 1 aliphatic heterocycles. The van der Waals surface area contributed by atoms with Gasteiger partial charge in [-0.3, -0.25) is 4.90 Å². The number of hydrogen-bond donors (Lipinski definition) is 1. The van der Waals surface area contributed by atoms with Crippen molar-refractivity contribution in [3.05, 3.63) is 29.8 Å². The largest absolute Gasteiger partial charge is 0.378 e. The number of rotatable bonds is 6. The lowest BCUT2D eigenvalue weighted by Gasteiger charge is -2.36. The second-order valence-corrected chi connectivity index (χ2v) is 6.38. The standard InChI is InChI=1S/C17H30N4/c1-15(21-11-9-20(4)10-12-21)13-18-14-16-5-7-17(8-6-16)19(2)3/h5-8,15,18H,9-14H2,1-4H3. The van der Waals surface area contributed by atoms with Crippen molar-refractivity contribution >= 4 is 5.69 Å². The summed E-state index contributed by atoms with van der Waals surface area (Å²) in [4.78, 5) is 7.12. The molecule has 2 rings (SSSR count). The van der Waals surface area contributed by atoms with E-state index in [4.69, 9.17) is 0 Å². The normalized spacial score (nSPS) is 18.7. The second kappa shape index (κ2) is 7.78. The van der Waals surface area contributed by atoms with Gasteiger partial charge < -0.3 is 15.1 Å². The summed E-state index contributed by atoms with van der Waals surface area (Å²) in [5, 5.41) is 3.59. The van der Waals surface area contributed by atoms with Crippen molar-refractivity contribution in [1.82, 2.24) is 15.1 Å². The van der Waals surface area contributed by atoms with Gasteiger partial charge in [-0.2, -0.15) is 0 Å². The predicted octanol–water partition coefficient (Wildman–Crippen LogP) is 1.48. The van der Waals surface area contributed by atoms with Crippen molar-refractivity contribution in [2.45, 2.75) is 19.5 Å². The van der Waals surface area contributed by atoms with Gasteiger partial charge in [0.1, 0.15) is 0 Å².